The van der Waals surface area contributed by atoms with Gasteiger partial charge in [-0.25, -0.2) is 13.8 Å². The minimum atomic E-state index is -0.635. The van der Waals surface area contributed by atoms with E-state index in [9.17, 15) is 13.6 Å². The van der Waals surface area contributed by atoms with Crippen molar-refractivity contribution in [2.75, 3.05) is 12.3 Å². The molecule has 0 radical (unpaired) electrons. The number of anilines is 1. The molecule has 4 nitrogen and oxygen atoms in total. The van der Waals surface area contributed by atoms with Crippen LogP contribution in [0, 0.1) is 11.6 Å². The second kappa shape index (κ2) is 6.10. The van der Waals surface area contributed by atoms with Gasteiger partial charge in [-0.2, -0.15) is 0 Å². The highest BCUT2D eigenvalue weighted by Crippen LogP contribution is 2.08. The zero-order valence-corrected chi connectivity index (χ0v) is 10.6. The number of carbonyl (C=O) groups is 1. The number of nitrogen functional groups attached to an aromatic ring is 1. The molecular formula is C14H13F2N3O. The van der Waals surface area contributed by atoms with Gasteiger partial charge in [-0.05, 0) is 36.2 Å². The van der Waals surface area contributed by atoms with Crippen molar-refractivity contribution in [1.82, 2.24) is 10.3 Å². The summed E-state index contributed by atoms with van der Waals surface area (Å²) in [4.78, 5) is 15.6. The van der Waals surface area contributed by atoms with E-state index in [1.807, 2.05) is 0 Å². The van der Waals surface area contributed by atoms with Gasteiger partial charge >= 0.3 is 0 Å². The minimum Gasteiger partial charge on any atom is -0.384 e. The predicted octanol–water partition coefficient (Wildman–Crippen LogP) is 1.91. The van der Waals surface area contributed by atoms with Gasteiger partial charge in [-0.3, -0.25) is 4.79 Å². The molecule has 1 aromatic carbocycles. The van der Waals surface area contributed by atoms with Crippen LogP contribution < -0.4 is 11.1 Å². The lowest BCUT2D eigenvalue weighted by Gasteiger charge is -2.06. The summed E-state index contributed by atoms with van der Waals surface area (Å²) in [5.41, 5.74) is 6.15. The number of halogens is 2. The van der Waals surface area contributed by atoms with E-state index in [1.165, 1.54) is 18.2 Å². The molecule has 20 heavy (non-hydrogen) atoms. The van der Waals surface area contributed by atoms with Gasteiger partial charge in [0, 0.05) is 12.6 Å². The van der Waals surface area contributed by atoms with E-state index in [2.05, 4.69) is 10.3 Å². The van der Waals surface area contributed by atoms with Crippen LogP contribution in [0.4, 0.5) is 14.6 Å². The Morgan fingerprint density at radius 2 is 1.90 bits per heavy atom. The molecule has 0 saturated heterocycles. The Hall–Kier alpha value is -2.50. The number of amides is 1. The molecule has 1 amide bonds. The molecule has 2 rings (SSSR count). The van der Waals surface area contributed by atoms with Crippen molar-refractivity contribution in [2.24, 2.45) is 0 Å². The Labute approximate surface area is 114 Å². The summed E-state index contributed by atoms with van der Waals surface area (Å²) >= 11 is 0. The van der Waals surface area contributed by atoms with Gasteiger partial charge in [0.1, 0.15) is 23.1 Å². The standard InChI is InChI=1S/C14H13F2N3O/c15-10-6-9(7-11(16)8-10)4-5-18-14(20)12-2-1-3-13(17)19-12/h1-3,6-8H,4-5H2,(H2,17,19)(H,18,20). The van der Waals surface area contributed by atoms with Gasteiger partial charge < -0.3 is 11.1 Å². The van der Waals surface area contributed by atoms with Crippen LogP contribution in [0.3, 0.4) is 0 Å². The Bertz CT molecular complexity index is 611. The Morgan fingerprint density at radius 3 is 2.55 bits per heavy atom. The van der Waals surface area contributed by atoms with E-state index in [0.717, 1.165) is 6.07 Å². The molecule has 0 saturated carbocycles. The lowest BCUT2D eigenvalue weighted by molar-refractivity contribution is 0.0949. The summed E-state index contributed by atoms with van der Waals surface area (Å²) in [6, 6.07) is 8.00. The number of pyridine rings is 1. The zero-order chi connectivity index (χ0) is 14.5. The molecule has 0 unspecified atom stereocenters. The first-order valence-corrected chi connectivity index (χ1v) is 6.00. The third-order valence-corrected chi connectivity index (χ3v) is 2.62. The van der Waals surface area contributed by atoms with Crippen molar-refractivity contribution in [1.29, 1.82) is 0 Å². The number of hydrogen-bond acceptors (Lipinski definition) is 3. The minimum absolute atomic E-state index is 0.204. The van der Waals surface area contributed by atoms with Crippen molar-refractivity contribution >= 4 is 11.7 Å². The number of nitrogens with two attached hydrogens (primary N) is 1. The third kappa shape index (κ3) is 3.74. The van der Waals surface area contributed by atoms with Crippen molar-refractivity contribution in [3.63, 3.8) is 0 Å². The average Bonchev–Trinajstić information content (AvgIpc) is 2.37. The normalized spacial score (nSPS) is 10.3. The highest BCUT2D eigenvalue weighted by Gasteiger charge is 2.07. The molecule has 1 heterocycles. The summed E-state index contributed by atoms with van der Waals surface area (Å²) in [5, 5.41) is 2.61. The van der Waals surface area contributed by atoms with Gasteiger partial charge in [-0.15, -0.1) is 0 Å². The lowest BCUT2D eigenvalue weighted by atomic mass is 10.1. The first kappa shape index (κ1) is 13.9. The fourth-order valence-electron chi connectivity index (χ4n) is 1.74. The molecule has 0 bridgehead atoms. The quantitative estimate of drug-likeness (QED) is 0.897. The molecule has 1 aromatic heterocycles. The Kier molecular flexibility index (Phi) is 4.24. The van der Waals surface area contributed by atoms with Crippen LogP contribution in [-0.2, 0) is 6.42 Å². The van der Waals surface area contributed by atoms with Crippen LogP contribution >= 0.6 is 0 Å². The van der Waals surface area contributed by atoms with Gasteiger partial charge in [-0.1, -0.05) is 6.07 Å². The van der Waals surface area contributed by atoms with Gasteiger partial charge in [0.2, 0.25) is 0 Å². The van der Waals surface area contributed by atoms with Gasteiger partial charge in [0.15, 0.2) is 0 Å². The van der Waals surface area contributed by atoms with Crippen molar-refractivity contribution in [2.45, 2.75) is 6.42 Å². The highest BCUT2D eigenvalue weighted by molar-refractivity contribution is 5.92. The van der Waals surface area contributed by atoms with Crippen LogP contribution in [0.2, 0.25) is 0 Å². The fraction of sp³-hybridized carbons (Fsp3) is 0.143. The number of nitrogens with zero attached hydrogens (tertiary/aromatic N) is 1. The van der Waals surface area contributed by atoms with E-state index in [-0.39, 0.29) is 24.0 Å². The number of hydrogen-bond donors (Lipinski definition) is 2. The zero-order valence-electron chi connectivity index (χ0n) is 10.6. The number of aromatic nitrogens is 1. The maximum atomic E-state index is 13.0. The van der Waals surface area contributed by atoms with E-state index >= 15 is 0 Å². The monoisotopic (exact) mass is 277 g/mol. The first-order valence-electron chi connectivity index (χ1n) is 6.00. The lowest BCUT2D eigenvalue weighted by Crippen LogP contribution is -2.26. The molecule has 0 aliphatic rings. The highest BCUT2D eigenvalue weighted by atomic mass is 19.1. The molecule has 2 aromatic rings. The van der Waals surface area contributed by atoms with Crippen LogP contribution in [0.5, 0.6) is 0 Å². The SMILES string of the molecule is Nc1cccc(C(=O)NCCc2cc(F)cc(F)c2)n1. The second-order valence-corrected chi connectivity index (χ2v) is 4.23. The molecule has 0 atom stereocenters. The van der Waals surface area contributed by atoms with E-state index in [1.54, 1.807) is 12.1 Å². The summed E-state index contributed by atoms with van der Waals surface area (Å²) in [7, 11) is 0. The third-order valence-electron chi connectivity index (χ3n) is 2.62. The van der Waals surface area contributed by atoms with E-state index in [0.29, 0.717) is 12.0 Å². The largest absolute Gasteiger partial charge is 0.384 e. The molecule has 0 fully saturated rings. The van der Waals surface area contributed by atoms with Crippen LogP contribution in [0.25, 0.3) is 0 Å². The molecule has 0 spiro atoms. The first-order chi connectivity index (χ1) is 9.54. The smallest absolute Gasteiger partial charge is 0.269 e. The van der Waals surface area contributed by atoms with Crippen LogP contribution in [0.1, 0.15) is 16.1 Å². The molecule has 0 aliphatic carbocycles. The van der Waals surface area contributed by atoms with Gasteiger partial charge in [0.05, 0.1) is 0 Å². The van der Waals surface area contributed by atoms with Crippen LogP contribution in [0.15, 0.2) is 36.4 Å². The number of benzene rings is 1. The fourth-order valence-corrected chi connectivity index (χ4v) is 1.74. The van der Waals surface area contributed by atoms with E-state index < -0.39 is 11.6 Å². The van der Waals surface area contributed by atoms with Crippen molar-refractivity contribution < 1.29 is 13.6 Å². The molecule has 104 valence electrons. The summed E-state index contributed by atoms with van der Waals surface area (Å²) in [6.07, 6.45) is 0.322. The Morgan fingerprint density at radius 1 is 1.20 bits per heavy atom. The van der Waals surface area contributed by atoms with Gasteiger partial charge in [0.25, 0.3) is 5.91 Å². The number of rotatable bonds is 4. The molecule has 6 heteroatoms. The van der Waals surface area contributed by atoms with Crippen LogP contribution in [-0.4, -0.2) is 17.4 Å². The Balaban J connectivity index is 1.91. The predicted molar refractivity (Wildman–Crippen MR) is 71.0 cm³/mol. The summed E-state index contributed by atoms with van der Waals surface area (Å²) < 4.78 is 25.9. The maximum absolute atomic E-state index is 13.0. The topological polar surface area (TPSA) is 68.0 Å². The summed E-state index contributed by atoms with van der Waals surface area (Å²) in [6.45, 7) is 0.248. The second-order valence-electron chi connectivity index (χ2n) is 4.23. The molecule has 3 N–H and O–H groups in total. The number of nitrogens with one attached hydrogen (secondary N) is 1. The van der Waals surface area contributed by atoms with Crippen molar-refractivity contribution in [3.8, 4) is 0 Å². The van der Waals surface area contributed by atoms with Crippen molar-refractivity contribution in [3.05, 3.63) is 59.3 Å². The molecular weight excluding hydrogens is 264 g/mol. The van der Waals surface area contributed by atoms with E-state index in [4.69, 9.17) is 5.73 Å². The summed E-state index contributed by atoms with van der Waals surface area (Å²) in [5.74, 6) is -1.40. The maximum Gasteiger partial charge on any atom is 0.269 e. The molecule has 0 aliphatic heterocycles. The average molecular weight is 277 g/mol. The number of carbonyl (C=O) groups excluding carboxylic acids is 1.